The van der Waals surface area contributed by atoms with Gasteiger partial charge in [-0.15, -0.1) is 0 Å². The predicted octanol–water partition coefficient (Wildman–Crippen LogP) is 1.15. The number of esters is 3. The molecular formula is C21H33NO11Si. The Bertz CT molecular complexity index is 653. The molecule has 0 saturated carbocycles. The van der Waals surface area contributed by atoms with E-state index >= 15 is 0 Å². The Balaban J connectivity index is 5.20. The van der Waals surface area contributed by atoms with Crippen LogP contribution in [0.3, 0.4) is 0 Å². The molecule has 0 aliphatic rings. The molecule has 0 radical (unpaired) electrons. The quantitative estimate of drug-likeness (QED) is 0.0945. The maximum absolute atomic E-state index is 12.2. The molecule has 0 rings (SSSR count). The standard InChI is InChI=1S/C21H33NO11Si/c1-7-17(23)30-13-21(14-31-18(24)8-2,15-32-19(25)9-3)16-33-20(26)22-11-10-12-34(27-4,28-5)29-6/h7-9H,1-3,10-16H2,4-6H3,(H,22,26). The van der Waals surface area contributed by atoms with E-state index in [9.17, 15) is 19.2 Å². The first kappa shape index (κ1) is 31.0. The summed E-state index contributed by atoms with van der Waals surface area (Å²) in [6, 6.07) is 0.452. The largest absolute Gasteiger partial charge is 0.500 e. The summed E-state index contributed by atoms with van der Waals surface area (Å²) in [5, 5.41) is 2.55. The summed E-state index contributed by atoms with van der Waals surface area (Å²) in [6.45, 7) is 8.45. The first-order chi connectivity index (χ1) is 16.1. The fourth-order valence-electron chi connectivity index (χ4n) is 2.42. The Kier molecular flexibility index (Phi) is 15.1. The average molecular weight is 504 g/mol. The highest BCUT2D eigenvalue weighted by atomic mass is 28.4. The minimum absolute atomic E-state index is 0.221. The molecule has 0 fully saturated rings. The van der Waals surface area contributed by atoms with Crippen molar-refractivity contribution in [3.05, 3.63) is 38.0 Å². The topological polar surface area (TPSA) is 145 Å². The minimum Gasteiger partial charge on any atom is -0.462 e. The lowest BCUT2D eigenvalue weighted by atomic mass is 9.92. The molecule has 0 atom stereocenters. The summed E-state index contributed by atoms with van der Waals surface area (Å²) >= 11 is 0. The lowest BCUT2D eigenvalue weighted by Gasteiger charge is -2.31. The van der Waals surface area contributed by atoms with Crippen molar-refractivity contribution >= 4 is 32.8 Å². The summed E-state index contributed by atoms with van der Waals surface area (Å²) in [4.78, 5) is 47.0. The van der Waals surface area contributed by atoms with Crippen molar-refractivity contribution < 1.29 is 51.4 Å². The predicted molar refractivity (Wildman–Crippen MR) is 121 cm³/mol. The molecule has 0 aromatic rings. The lowest BCUT2D eigenvalue weighted by Crippen LogP contribution is -2.45. The molecule has 0 heterocycles. The molecule has 34 heavy (non-hydrogen) atoms. The van der Waals surface area contributed by atoms with E-state index in [2.05, 4.69) is 25.1 Å². The molecule has 0 aliphatic heterocycles. The molecule has 0 aromatic carbocycles. The van der Waals surface area contributed by atoms with E-state index in [0.29, 0.717) is 12.5 Å². The number of amides is 1. The van der Waals surface area contributed by atoms with Crippen LogP contribution in [-0.2, 0) is 46.6 Å². The second-order valence-electron chi connectivity index (χ2n) is 6.84. The van der Waals surface area contributed by atoms with Crippen LogP contribution in [0.2, 0.25) is 6.04 Å². The Morgan fingerprint density at radius 2 is 1.12 bits per heavy atom. The molecular weight excluding hydrogens is 470 g/mol. The molecule has 0 aliphatic carbocycles. The second-order valence-corrected chi connectivity index (χ2v) is 9.93. The molecule has 13 heteroatoms. The van der Waals surface area contributed by atoms with Crippen LogP contribution in [-0.4, -0.2) is 87.1 Å². The first-order valence-corrected chi connectivity index (χ1v) is 12.0. The number of ether oxygens (including phenoxy) is 4. The van der Waals surface area contributed by atoms with E-state index < -0.39 is 64.6 Å². The number of alkyl carbamates (subject to hydrolysis) is 1. The van der Waals surface area contributed by atoms with Crippen molar-refractivity contribution in [1.82, 2.24) is 5.32 Å². The maximum Gasteiger partial charge on any atom is 0.500 e. The maximum atomic E-state index is 12.2. The molecule has 1 amide bonds. The van der Waals surface area contributed by atoms with E-state index in [4.69, 9.17) is 32.2 Å². The minimum atomic E-state index is -2.78. The van der Waals surface area contributed by atoms with Gasteiger partial charge in [0.15, 0.2) is 0 Å². The fourth-order valence-corrected chi connectivity index (χ4v) is 4.14. The monoisotopic (exact) mass is 503 g/mol. The highest BCUT2D eigenvalue weighted by Crippen LogP contribution is 2.22. The normalized spacial score (nSPS) is 11.0. The molecule has 0 spiro atoms. The number of rotatable bonds is 18. The molecule has 0 aromatic heterocycles. The van der Waals surface area contributed by atoms with Crippen LogP contribution < -0.4 is 5.32 Å². The van der Waals surface area contributed by atoms with Crippen LogP contribution in [0.25, 0.3) is 0 Å². The van der Waals surface area contributed by atoms with Crippen LogP contribution >= 0.6 is 0 Å². The zero-order valence-electron chi connectivity index (χ0n) is 19.8. The fraction of sp³-hybridized carbons (Fsp3) is 0.524. The Morgan fingerprint density at radius 3 is 1.47 bits per heavy atom. The highest BCUT2D eigenvalue weighted by Gasteiger charge is 2.38. The van der Waals surface area contributed by atoms with E-state index in [1.54, 1.807) is 0 Å². The van der Waals surface area contributed by atoms with Crippen molar-refractivity contribution in [1.29, 1.82) is 0 Å². The van der Waals surface area contributed by atoms with Crippen LogP contribution in [0.1, 0.15) is 6.42 Å². The van der Waals surface area contributed by atoms with Gasteiger partial charge in [0.1, 0.15) is 31.8 Å². The number of carbonyl (C=O) groups is 4. The summed E-state index contributed by atoms with van der Waals surface area (Å²) in [7, 11) is 1.68. The molecule has 0 saturated heterocycles. The van der Waals surface area contributed by atoms with Gasteiger partial charge in [0.2, 0.25) is 0 Å². The van der Waals surface area contributed by atoms with Crippen molar-refractivity contribution in [3.8, 4) is 0 Å². The first-order valence-electron chi connectivity index (χ1n) is 10.1. The SMILES string of the molecule is C=CC(=O)OCC(COC(=O)C=C)(COC(=O)C=C)COC(=O)NCCC[Si](OC)(OC)OC. The second kappa shape index (κ2) is 16.6. The van der Waals surface area contributed by atoms with Crippen LogP contribution in [0, 0.1) is 5.41 Å². The van der Waals surface area contributed by atoms with Gasteiger partial charge in [0.05, 0.1) is 0 Å². The van der Waals surface area contributed by atoms with Crippen molar-refractivity contribution in [2.24, 2.45) is 5.41 Å². The van der Waals surface area contributed by atoms with E-state index in [1.807, 2.05) is 0 Å². The van der Waals surface area contributed by atoms with Gasteiger partial charge in [-0.25, -0.2) is 19.2 Å². The van der Waals surface area contributed by atoms with Crippen LogP contribution in [0.5, 0.6) is 0 Å². The third-order valence-corrected chi connectivity index (χ3v) is 7.27. The van der Waals surface area contributed by atoms with Gasteiger partial charge in [-0.3, -0.25) is 0 Å². The van der Waals surface area contributed by atoms with Crippen molar-refractivity contribution in [2.45, 2.75) is 12.5 Å². The molecule has 12 nitrogen and oxygen atoms in total. The van der Waals surface area contributed by atoms with Crippen LogP contribution in [0.15, 0.2) is 38.0 Å². The number of hydrogen-bond donors (Lipinski definition) is 1. The number of hydrogen-bond acceptors (Lipinski definition) is 11. The van der Waals surface area contributed by atoms with E-state index in [0.717, 1.165) is 18.2 Å². The number of nitrogens with one attached hydrogen (secondary N) is 1. The van der Waals surface area contributed by atoms with E-state index in [1.165, 1.54) is 21.3 Å². The van der Waals surface area contributed by atoms with Gasteiger partial charge in [0.25, 0.3) is 0 Å². The third-order valence-electron chi connectivity index (χ3n) is 4.43. The Morgan fingerprint density at radius 1 is 0.735 bits per heavy atom. The van der Waals surface area contributed by atoms with Gasteiger partial charge >= 0.3 is 32.8 Å². The lowest BCUT2D eigenvalue weighted by molar-refractivity contribution is -0.159. The van der Waals surface area contributed by atoms with Crippen LogP contribution in [0.4, 0.5) is 4.79 Å². The molecule has 1 N–H and O–H groups in total. The summed E-state index contributed by atoms with van der Waals surface area (Å²) in [6.07, 6.45) is 2.45. The molecule has 0 bridgehead atoms. The molecule has 192 valence electrons. The van der Waals surface area contributed by atoms with Gasteiger partial charge in [-0.1, -0.05) is 19.7 Å². The summed E-state index contributed by atoms with van der Waals surface area (Å²) in [5.74, 6) is -2.33. The van der Waals surface area contributed by atoms with Crippen molar-refractivity contribution in [3.63, 3.8) is 0 Å². The molecule has 0 unspecified atom stereocenters. The summed E-state index contributed by atoms with van der Waals surface area (Å²) < 4.78 is 36.3. The van der Waals surface area contributed by atoms with Crippen molar-refractivity contribution in [2.75, 3.05) is 54.3 Å². The Labute approximate surface area is 200 Å². The third kappa shape index (κ3) is 11.7. The number of carbonyl (C=O) groups excluding carboxylic acids is 4. The van der Waals surface area contributed by atoms with Gasteiger partial charge < -0.3 is 37.5 Å². The summed E-state index contributed by atoms with van der Waals surface area (Å²) in [5.41, 5.74) is -1.41. The zero-order chi connectivity index (χ0) is 26.0. The highest BCUT2D eigenvalue weighted by molar-refractivity contribution is 6.60. The average Bonchev–Trinajstić information content (AvgIpc) is 2.87. The van der Waals surface area contributed by atoms with Gasteiger partial charge in [-0.05, 0) is 6.42 Å². The Hall–Kier alpha value is -3.00. The van der Waals surface area contributed by atoms with Gasteiger partial charge in [-0.2, -0.15) is 0 Å². The smallest absolute Gasteiger partial charge is 0.462 e. The zero-order valence-corrected chi connectivity index (χ0v) is 20.8. The van der Waals surface area contributed by atoms with E-state index in [-0.39, 0.29) is 6.54 Å². The van der Waals surface area contributed by atoms with Gasteiger partial charge in [0, 0.05) is 52.1 Å².